The van der Waals surface area contributed by atoms with Crippen LogP contribution in [0.25, 0.3) is 0 Å². The Morgan fingerprint density at radius 1 is 1.50 bits per heavy atom. The predicted octanol–water partition coefficient (Wildman–Crippen LogP) is 3.20. The van der Waals surface area contributed by atoms with Crippen molar-refractivity contribution >= 4 is 34.6 Å². The summed E-state index contributed by atoms with van der Waals surface area (Å²) in [5.41, 5.74) is 1.24. The highest BCUT2D eigenvalue weighted by Gasteiger charge is 2.10. The fourth-order valence-electron chi connectivity index (χ4n) is 1.47. The Kier molecular flexibility index (Phi) is 4.17. The first kappa shape index (κ1) is 12.9. The first-order valence-electron chi connectivity index (χ1n) is 5.22. The van der Waals surface area contributed by atoms with E-state index in [0.717, 1.165) is 10.6 Å². The van der Waals surface area contributed by atoms with Crippen molar-refractivity contribution in [2.24, 2.45) is 0 Å². The number of para-hydroxylation sites is 1. The highest BCUT2D eigenvalue weighted by Crippen LogP contribution is 2.21. The van der Waals surface area contributed by atoms with E-state index >= 15 is 0 Å². The second-order valence-electron chi connectivity index (χ2n) is 3.47. The molecule has 0 unspecified atom stereocenters. The van der Waals surface area contributed by atoms with Crippen LogP contribution in [-0.4, -0.2) is 18.1 Å². The van der Waals surface area contributed by atoms with E-state index in [-0.39, 0.29) is 5.97 Å². The Balaban J connectivity index is 2.11. The van der Waals surface area contributed by atoms with E-state index in [1.807, 2.05) is 12.1 Å². The second-order valence-corrected chi connectivity index (χ2v) is 5.17. The summed E-state index contributed by atoms with van der Waals surface area (Å²) in [6.45, 7) is 0.568. The van der Waals surface area contributed by atoms with Gasteiger partial charge in [-0.3, -0.25) is 0 Å². The lowest BCUT2D eigenvalue weighted by Crippen LogP contribution is -2.07. The van der Waals surface area contributed by atoms with Crippen LogP contribution in [0.15, 0.2) is 30.5 Å². The van der Waals surface area contributed by atoms with Gasteiger partial charge in [0, 0.05) is 16.8 Å². The molecule has 2 aromatic rings. The van der Waals surface area contributed by atoms with Crippen LogP contribution in [0.3, 0.4) is 0 Å². The number of ether oxygens (including phenoxy) is 1. The van der Waals surface area contributed by atoms with Crippen LogP contribution in [0.1, 0.15) is 15.2 Å². The third-order valence-corrected chi connectivity index (χ3v) is 3.43. The number of esters is 1. The minimum Gasteiger partial charge on any atom is -0.465 e. The summed E-state index contributed by atoms with van der Waals surface area (Å²) >= 11 is 7.15. The fourth-order valence-corrected chi connectivity index (χ4v) is 2.39. The van der Waals surface area contributed by atoms with Gasteiger partial charge in [0.25, 0.3) is 0 Å². The number of hydrogen-bond acceptors (Lipinski definition) is 5. The maximum atomic E-state index is 11.6. The summed E-state index contributed by atoms with van der Waals surface area (Å²) in [7, 11) is 1.36. The number of carbonyl (C=O) groups excluding carboxylic acids is 1. The van der Waals surface area contributed by atoms with Crippen molar-refractivity contribution in [1.29, 1.82) is 0 Å². The summed E-state index contributed by atoms with van der Waals surface area (Å²) in [5, 5.41) is 3.17. The molecule has 0 aliphatic carbocycles. The van der Waals surface area contributed by atoms with Crippen LogP contribution in [0.4, 0.5) is 5.69 Å². The number of thiazole rings is 1. The Bertz CT molecular complexity index is 557. The molecule has 4 nitrogen and oxygen atoms in total. The quantitative estimate of drug-likeness (QED) is 0.875. The monoisotopic (exact) mass is 282 g/mol. The van der Waals surface area contributed by atoms with E-state index in [1.165, 1.54) is 18.4 Å². The van der Waals surface area contributed by atoms with E-state index in [0.29, 0.717) is 16.6 Å². The normalized spacial score (nSPS) is 10.1. The standard InChI is InChI=1S/C12H11ClN2O2S/c1-17-11(16)9-4-2-3-5-10(9)14-6-8-7-15-12(13)18-8/h2-5,7,14H,6H2,1H3. The Morgan fingerprint density at radius 3 is 2.94 bits per heavy atom. The first-order chi connectivity index (χ1) is 8.70. The predicted molar refractivity (Wildman–Crippen MR) is 72.2 cm³/mol. The zero-order valence-corrected chi connectivity index (χ0v) is 11.2. The van der Waals surface area contributed by atoms with E-state index in [9.17, 15) is 4.79 Å². The van der Waals surface area contributed by atoms with Gasteiger partial charge in [-0.25, -0.2) is 9.78 Å². The second kappa shape index (κ2) is 5.84. The molecule has 1 N–H and O–H groups in total. The highest BCUT2D eigenvalue weighted by atomic mass is 35.5. The third-order valence-electron chi connectivity index (χ3n) is 2.31. The van der Waals surface area contributed by atoms with Gasteiger partial charge in [0.15, 0.2) is 4.47 Å². The molecule has 1 aromatic heterocycles. The lowest BCUT2D eigenvalue weighted by atomic mass is 10.2. The average molecular weight is 283 g/mol. The Morgan fingerprint density at radius 2 is 2.28 bits per heavy atom. The first-order valence-corrected chi connectivity index (χ1v) is 6.41. The van der Waals surface area contributed by atoms with Crippen LogP contribution in [0.2, 0.25) is 4.47 Å². The highest BCUT2D eigenvalue weighted by molar-refractivity contribution is 7.15. The van der Waals surface area contributed by atoms with E-state index in [1.54, 1.807) is 18.3 Å². The van der Waals surface area contributed by atoms with Crippen LogP contribution < -0.4 is 5.32 Å². The number of aromatic nitrogens is 1. The van der Waals surface area contributed by atoms with Crippen molar-refractivity contribution in [3.63, 3.8) is 0 Å². The molecule has 0 fully saturated rings. The molecule has 0 saturated heterocycles. The van der Waals surface area contributed by atoms with Gasteiger partial charge in [0.05, 0.1) is 19.2 Å². The molecule has 0 aliphatic rings. The number of anilines is 1. The number of methoxy groups -OCH3 is 1. The summed E-state index contributed by atoms with van der Waals surface area (Å²) in [6.07, 6.45) is 1.71. The van der Waals surface area contributed by atoms with Gasteiger partial charge < -0.3 is 10.1 Å². The maximum absolute atomic E-state index is 11.6. The smallest absolute Gasteiger partial charge is 0.339 e. The molecule has 18 heavy (non-hydrogen) atoms. The third kappa shape index (κ3) is 3.00. The van der Waals surface area contributed by atoms with Crippen molar-refractivity contribution in [2.75, 3.05) is 12.4 Å². The van der Waals surface area contributed by atoms with Crippen LogP contribution >= 0.6 is 22.9 Å². The van der Waals surface area contributed by atoms with E-state index < -0.39 is 0 Å². The average Bonchev–Trinajstić information content (AvgIpc) is 2.81. The van der Waals surface area contributed by atoms with Crippen molar-refractivity contribution in [2.45, 2.75) is 6.54 Å². The Hall–Kier alpha value is -1.59. The summed E-state index contributed by atoms with van der Waals surface area (Å²) in [4.78, 5) is 16.5. The molecule has 6 heteroatoms. The number of rotatable bonds is 4. The molecule has 1 heterocycles. The molecule has 0 saturated carbocycles. The SMILES string of the molecule is COC(=O)c1ccccc1NCc1cnc(Cl)s1. The van der Waals surface area contributed by atoms with Gasteiger partial charge in [-0.15, -0.1) is 11.3 Å². The molecule has 1 aromatic carbocycles. The minimum atomic E-state index is -0.361. The number of halogens is 1. The van der Waals surface area contributed by atoms with Gasteiger partial charge in [0.2, 0.25) is 0 Å². The van der Waals surface area contributed by atoms with Crippen LogP contribution in [0, 0.1) is 0 Å². The summed E-state index contributed by atoms with van der Waals surface area (Å²) in [6, 6.07) is 7.19. The van der Waals surface area contributed by atoms with Gasteiger partial charge in [-0.05, 0) is 12.1 Å². The molecule has 0 atom stereocenters. The lowest BCUT2D eigenvalue weighted by Gasteiger charge is -2.09. The van der Waals surface area contributed by atoms with Crippen LogP contribution in [0.5, 0.6) is 0 Å². The Labute approximate surface area is 114 Å². The zero-order valence-electron chi connectivity index (χ0n) is 9.64. The molecular weight excluding hydrogens is 272 g/mol. The number of benzene rings is 1. The largest absolute Gasteiger partial charge is 0.465 e. The molecule has 94 valence electrons. The summed E-state index contributed by atoms with van der Waals surface area (Å²) in [5.74, 6) is -0.361. The zero-order chi connectivity index (χ0) is 13.0. The van der Waals surface area contributed by atoms with Gasteiger partial charge in [-0.2, -0.15) is 0 Å². The van der Waals surface area contributed by atoms with Gasteiger partial charge in [0.1, 0.15) is 0 Å². The van der Waals surface area contributed by atoms with Crippen molar-refractivity contribution in [3.8, 4) is 0 Å². The molecule has 0 aliphatic heterocycles. The van der Waals surface area contributed by atoms with Crippen LogP contribution in [-0.2, 0) is 11.3 Å². The van der Waals surface area contributed by atoms with E-state index in [4.69, 9.17) is 16.3 Å². The molecule has 0 amide bonds. The molecule has 2 rings (SSSR count). The van der Waals surface area contributed by atoms with Crippen molar-refractivity contribution in [3.05, 3.63) is 45.4 Å². The van der Waals surface area contributed by atoms with Crippen molar-refractivity contribution < 1.29 is 9.53 Å². The lowest BCUT2D eigenvalue weighted by molar-refractivity contribution is 0.0602. The van der Waals surface area contributed by atoms with Gasteiger partial charge >= 0.3 is 5.97 Å². The molecule has 0 radical (unpaired) electrons. The molecule has 0 spiro atoms. The van der Waals surface area contributed by atoms with E-state index in [2.05, 4.69) is 10.3 Å². The maximum Gasteiger partial charge on any atom is 0.339 e. The molecule has 0 bridgehead atoms. The minimum absolute atomic E-state index is 0.361. The topological polar surface area (TPSA) is 51.2 Å². The number of nitrogens with one attached hydrogen (secondary N) is 1. The number of nitrogens with zero attached hydrogens (tertiary/aromatic N) is 1. The summed E-state index contributed by atoms with van der Waals surface area (Å²) < 4.78 is 5.23. The van der Waals surface area contributed by atoms with Gasteiger partial charge in [-0.1, -0.05) is 23.7 Å². The number of hydrogen-bond donors (Lipinski definition) is 1. The van der Waals surface area contributed by atoms with Crippen molar-refractivity contribution in [1.82, 2.24) is 4.98 Å². The fraction of sp³-hybridized carbons (Fsp3) is 0.167. The number of carbonyl (C=O) groups is 1. The molecular formula is C12H11ClN2O2S.